The zero-order chi connectivity index (χ0) is 23.6. The minimum atomic E-state index is -4.11. The molecule has 2 aromatic carbocycles. The van der Waals surface area contributed by atoms with Crippen molar-refractivity contribution in [3.63, 3.8) is 0 Å². The van der Waals surface area contributed by atoms with Crippen LogP contribution in [0.15, 0.2) is 53.4 Å². The number of likely N-dealkylation sites (tertiary alicyclic amines) is 1. The summed E-state index contributed by atoms with van der Waals surface area (Å²) in [7, 11) is -1.26. The standard InChI is InChI=1S/C22H26FN3O6S/c1-30-18-9-8-17(14-19(18)31-2)33(28,29)26-12-13-32-22(26)10-11-25(15-20(22)23)21(27)24-16-6-4-3-5-7-16/h3-9,14,20H,10-13,15H2,1-2H3,(H,24,27). The number of carbonyl (C=O) groups excluding carboxylic acids is 1. The molecule has 0 aliphatic carbocycles. The number of para-hydroxylation sites is 1. The first-order chi connectivity index (χ1) is 15.8. The van der Waals surface area contributed by atoms with Gasteiger partial charge in [-0.25, -0.2) is 17.6 Å². The SMILES string of the molecule is COc1ccc(S(=O)(=O)N2CCOC23CCN(C(=O)Nc2ccccc2)CC3F)cc1OC. The highest BCUT2D eigenvalue weighted by atomic mass is 32.2. The van der Waals surface area contributed by atoms with E-state index >= 15 is 4.39 Å². The Labute approximate surface area is 192 Å². The summed E-state index contributed by atoms with van der Waals surface area (Å²) in [6, 6.07) is 12.6. The highest BCUT2D eigenvalue weighted by Crippen LogP contribution is 2.41. The number of ether oxygens (including phenoxy) is 3. The number of amides is 2. The van der Waals surface area contributed by atoms with Crippen molar-refractivity contribution in [3.05, 3.63) is 48.5 Å². The maximum absolute atomic E-state index is 15.6. The Kier molecular flexibility index (Phi) is 6.46. The lowest BCUT2D eigenvalue weighted by atomic mass is 9.99. The topological polar surface area (TPSA) is 97.4 Å². The first-order valence-electron chi connectivity index (χ1n) is 10.5. The molecule has 0 aromatic heterocycles. The number of piperidine rings is 1. The fraction of sp³-hybridized carbons (Fsp3) is 0.409. The Morgan fingerprint density at radius 3 is 2.52 bits per heavy atom. The quantitative estimate of drug-likeness (QED) is 0.708. The van der Waals surface area contributed by atoms with Crippen molar-refractivity contribution in [2.45, 2.75) is 23.2 Å². The summed E-state index contributed by atoms with van der Waals surface area (Å²) < 4.78 is 59.7. The Hall–Kier alpha value is -2.89. The second-order valence-electron chi connectivity index (χ2n) is 7.75. The summed E-state index contributed by atoms with van der Waals surface area (Å²) >= 11 is 0. The van der Waals surface area contributed by atoms with Crippen LogP contribution < -0.4 is 14.8 Å². The molecule has 0 radical (unpaired) electrons. The molecular weight excluding hydrogens is 453 g/mol. The summed E-state index contributed by atoms with van der Waals surface area (Å²) in [6.07, 6.45) is -1.73. The van der Waals surface area contributed by atoms with Gasteiger partial charge in [-0.15, -0.1) is 0 Å². The third-order valence-corrected chi connectivity index (χ3v) is 7.86. The van der Waals surface area contributed by atoms with Gasteiger partial charge in [-0.2, -0.15) is 4.31 Å². The van der Waals surface area contributed by atoms with Crippen LogP contribution >= 0.6 is 0 Å². The van der Waals surface area contributed by atoms with Gasteiger partial charge in [0.05, 0.1) is 32.3 Å². The normalized spacial score (nSPS) is 23.5. The average molecular weight is 480 g/mol. The van der Waals surface area contributed by atoms with Crippen LogP contribution in [0, 0.1) is 0 Å². The molecule has 33 heavy (non-hydrogen) atoms. The third kappa shape index (κ3) is 4.23. The molecule has 2 atom stereocenters. The van der Waals surface area contributed by atoms with E-state index in [1.807, 2.05) is 6.07 Å². The minimum Gasteiger partial charge on any atom is -0.493 e. The first-order valence-corrected chi connectivity index (χ1v) is 11.9. The highest BCUT2D eigenvalue weighted by Gasteiger charge is 2.57. The van der Waals surface area contributed by atoms with Crippen molar-refractivity contribution >= 4 is 21.7 Å². The van der Waals surface area contributed by atoms with Gasteiger partial charge in [0.1, 0.15) is 0 Å². The predicted octanol–water partition coefficient (Wildman–Crippen LogP) is 2.70. The van der Waals surface area contributed by atoms with E-state index in [0.717, 1.165) is 4.31 Å². The number of anilines is 1. The number of halogens is 1. The summed E-state index contributed by atoms with van der Waals surface area (Å²) in [4.78, 5) is 13.9. The van der Waals surface area contributed by atoms with E-state index in [2.05, 4.69) is 5.32 Å². The maximum Gasteiger partial charge on any atom is 0.321 e. The van der Waals surface area contributed by atoms with Gasteiger partial charge < -0.3 is 24.4 Å². The van der Waals surface area contributed by atoms with Gasteiger partial charge in [0.2, 0.25) is 10.0 Å². The van der Waals surface area contributed by atoms with Crippen LogP contribution in [0.3, 0.4) is 0 Å². The number of nitrogens with zero attached hydrogens (tertiary/aromatic N) is 2. The summed E-state index contributed by atoms with van der Waals surface area (Å²) in [5.74, 6) is 0.627. The summed E-state index contributed by atoms with van der Waals surface area (Å²) in [6.45, 7) is -0.0931. The molecule has 0 saturated carbocycles. The molecule has 1 N–H and O–H groups in total. The summed E-state index contributed by atoms with van der Waals surface area (Å²) in [5.41, 5.74) is -1.08. The average Bonchev–Trinajstić information content (AvgIpc) is 3.26. The number of alkyl halides is 1. The molecule has 2 amide bonds. The smallest absolute Gasteiger partial charge is 0.321 e. The van der Waals surface area contributed by atoms with Gasteiger partial charge >= 0.3 is 6.03 Å². The molecule has 9 nitrogen and oxygen atoms in total. The van der Waals surface area contributed by atoms with Crippen LogP contribution in [0.5, 0.6) is 11.5 Å². The van der Waals surface area contributed by atoms with Crippen LogP contribution in [0.25, 0.3) is 0 Å². The largest absolute Gasteiger partial charge is 0.493 e. The number of methoxy groups -OCH3 is 2. The molecule has 11 heteroatoms. The van der Waals surface area contributed by atoms with Crippen molar-refractivity contribution in [3.8, 4) is 11.5 Å². The molecule has 2 saturated heterocycles. The molecule has 2 aliphatic rings. The lowest BCUT2D eigenvalue weighted by molar-refractivity contribution is -0.134. The predicted molar refractivity (Wildman–Crippen MR) is 119 cm³/mol. The number of urea groups is 1. The molecule has 1 spiro atoms. The van der Waals surface area contributed by atoms with E-state index in [9.17, 15) is 13.2 Å². The minimum absolute atomic E-state index is 0.00287. The first kappa shape index (κ1) is 23.3. The van der Waals surface area contributed by atoms with E-state index in [1.54, 1.807) is 24.3 Å². The van der Waals surface area contributed by atoms with Crippen molar-refractivity contribution in [1.82, 2.24) is 9.21 Å². The molecular formula is C22H26FN3O6S. The molecule has 2 heterocycles. The van der Waals surface area contributed by atoms with Crippen LogP contribution in [0.2, 0.25) is 0 Å². The number of rotatable bonds is 5. The van der Waals surface area contributed by atoms with Gasteiger partial charge in [0, 0.05) is 31.3 Å². The number of hydrogen-bond donors (Lipinski definition) is 1. The fourth-order valence-electron chi connectivity index (χ4n) is 4.23. The van der Waals surface area contributed by atoms with Crippen molar-refractivity contribution < 1.29 is 31.8 Å². The van der Waals surface area contributed by atoms with E-state index in [4.69, 9.17) is 14.2 Å². The molecule has 2 aliphatic heterocycles. The Bertz CT molecular complexity index is 1120. The van der Waals surface area contributed by atoms with Gasteiger partial charge in [0.15, 0.2) is 23.4 Å². The Balaban J connectivity index is 1.54. The lowest BCUT2D eigenvalue weighted by Gasteiger charge is -2.44. The fourth-order valence-corrected chi connectivity index (χ4v) is 5.96. The molecule has 2 unspecified atom stereocenters. The van der Waals surface area contributed by atoms with E-state index < -0.39 is 28.0 Å². The van der Waals surface area contributed by atoms with E-state index in [0.29, 0.717) is 11.4 Å². The zero-order valence-electron chi connectivity index (χ0n) is 18.4. The van der Waals surface area contributed by atoms with E-state index in [1.165, 1.54) is 37.3 Å². The molecule has 178 valence electrons. The second kappa shape index (κ2) is 9.16. The number of hydrogen-bond acceptors (Lipinski definition) is 6. The van der Waals surface area contributed by atoms with Crippen molar-refractivity contribution in [2.24, 2.45) is 0 Å². The van der Waals surface area contributed by atoms with Gasteiger partial charge in [-0.3, -0.25) is 0 Å². The van der Waals surface area contributed by atoms with Crippen LogP contribution in [0.4, 0.5) is 14.9 Å². The summed E-state index contributed by atoms with van der Waals surface area (Å²) in [5, 5.41) is 2.72. The molecule has 0 bridgehead atoms. The van der Waals surface area contributed by atoms with Crippen LogP contribution in [-0.4, -0.2) is 76.0 Å². The maximum atomic E-state index is 15.6. The van der Waals surface area contributed by atoms with Crippen molar-refractivity contribution in [2.75, 3.05) is 45.8 Å². The van der Waals surface area contributed by atoms with Crippen LogP contribution in [0.1, 0.15) is 6.42 Å². The van der Waals surface area contributed by atoms with Crippen LogP contribution in [-0.2, 0) is 14.8 Å². The lowest BCUT2D eigenvalue weighted by Crippen LogP contribution is -2.63. The number of nitrogens with one attached hydrogen (secondary N) is 1. The monoisotopic (exact) mass is 479 g/mol. The number of benzene rings is 2. The zero-order valence-corrected chi connectivity index (χ0v) is 19.2. The van der Waals surface area contributed by atoms with Gasteiger partial charge in [0.25, 0.3) is 0 Å². The van der Waals surface area contributed by atoms with Gasteiger partial charge in [-0.05, 0) is 24.3 Å². The Morgan fingerprint density at radius 2 is 1.85 bits per heavy atom. The van der Waals surface area contributed by atoms with Crippen molar-refractivity contribution in [1.29, 1.82) is 0 Å². The van der Waals surface area contributed by atoms with E-state index in [-0.39, 0.29) is 43.3 Å². The molecule has 2 fully saturated rings. The second-order valence-corrected chi connectivity index (χ2v) is 9.61. The number of sulfonamides is 1. The molecule has 2 aromatic rings. The highest BCUT2D eigenvalue weighted by molar-refractivity contribution is 7.89. The number of carbonyl (C=O) groups is 1. The Morgan fingerprint density at radius 1 is 1.12 bits per heavy atom. The third-order valence-electron chi connectivity index (χ3n) is 5.93. The molecule has 4 rings (SSSR count). The van der Waals surface area contributed by atoms with Gasteiger partial charge in [-0.1, -0.05) is 18.2 Å².